The summed E-state index contributed by atoms with van der Waals surface area (Å²) in [7, 11) is 1.17. The molecule has 3 N–H and O–H groups in total. The minimum Gasteiger partial charge on any atom is -0.496 e. The van der Waals surface area contributed by atoms with Crippen molar-refractivity contribution in [2.75, 3.05) is 7.11 Å². The van der Waals surface area contributed by atoms with Crippen LogP contribution in [-0.2, 0) is 0 Å². The summed E-state index contributed by atoms with van der Waals surface area (Å²) in [5.74, 6) is -1.44. The lowest BCUT2D eigenvalue weighted by Gasteiger charge is -2.17. The van der Waals surface area contributed by atoms with Crippen LogP contribution in [0, 0.1) is 0 Å². The van der Waals surface area contributed by atoms with Gasteiger partial charge < -0.3 is 15.6 Å². The maximum atomic E-state index is 12.3. The predicted octanol–water partition coefficient (Wildman–Crippen LogP) is 1.96. The average molecular weight is 249 g/mol. The van der Waals surface area contributed by atoms with Crippen molar-refractivity contribution in [2.24, 2.45) is 5.73 Å². The van der Waals surface area contributed by atoms with Gasteiger partial charge in [0.25, 0.3) is 0 Å². The van der Waals surface area contributed by atoms with E-state index in [0.29, 0.717) is 0 Å². The first-order chi connectivity index (χ1) is 7.77. The largest absolute Gasteiger partial charge is 0.496 e. The molecule has 0 bridgehead atoms. The Morgan fingerprint density at radius 1 is 1.47 bits per heavy atom. The standard InChI is InChI=1S/C10H10F3NO3/c1-17-7-4-5(8(14)10(11,12)13)2-3-6(7)9(15)16/h2-4,8H,14H2,1H3,(H,15,16)/t8-/m1/s1. The molecular formula is C10H10F3NO3. The van der Waals surface area contributed by atoms with Gasteiger partial charge in [0.1, 0.15) is 17.4 Å². The molecule has 1 aromatic rings. The van der Waals surface area contributed by atoms with Gasteiger partial charge in [0.05, 0.1) is 7.11 Å². The number of nitrogens with two attached hydrogens (primary N) is 1. The van der Waals surface area contributed by atoms with Crippen LogP contribution in [0.5, 0.6) is 5.75 Å². The van der Waals surface area contributed by atoms with Crippen LogP contribution in [0.25, 0.3) is 0 Å². The first kappa shape index (κ1) is 13.3. The zero-order chi connectivity index (χ0) is 13.2. The molecule has 1 rings (SSSR count). The summed E-state index contributed by atoms with van der Waals surface area (Å²) in [6, 6.07) is 0.854. The third-order valence-electron chi connectivity index (χ3n) is 2.17. The van der Waals surface area contributed by atoms with Crippen molar-refractivity contribution in [3.63, 3.8) is 0 Å². The van der Waals surface area contributed by atoms with Gasteiger partial charge in [-0.15, -0.1) is 0 Å². The molecule has 0 aromatic heterocycles. The summed E-state index contributed by atoms with van der Waals surface area (Å²) < 4.78 is 41.7. The van der Waals surface area contributed by atoms with Crippen molar-refractivity contribution >= 4 is 5.97 Å². The number of ether oxygens (including phenoxy) is 1. The maximum absolute atomic E-state index is 12.3. The molecule has 0 fully saturated rings. The van der Waals surface area contributed by atoms with E-state index in [9.17, 15) is 18.0 Å². The molecule has 1 aromatic carbocycles. The van der Waals surface area contributed by atoms with Crippen LogP contribution in [0.15, 0.2) is 18.2 Å². The summed E-state index contributed by atoms with van der Waals surface area (Å²) in [4.78, 5) is 10.7. The molecule has 1 atom stereocenters. The van der Waals surface area contributed by atoms with Crippen molar-refractivity contribution in [3.8, 4) is 5.75 Å². The fourth-order valence-electron chi connectivity index (χ4n) is 1.27. The van der Waals surface area contributed by atoms with Crippen molar-refractivity contribution < 1.29 is 27.8 Å². The van der Waals surface area contributed by atoms with Gasteiger partial charge in [0.15, 0.2) is 0 Å². The van der Waals surface area contributed by atoms with E-state index >= 15 is 0 Å². The fraction of sp³-hybridized carbons (Fsp3) is 0.300. The van der Waals surface area contributed by atoms with Crippen LogP contribution >= 0.6 is 0 Å². The number of alkyl halides is 3. The minimum absolute atomic E-state index is 0.158. The Kier molecular flexibility index (Phi) is 3.62. The lowest BCUT2D eigenvalue weighted by molar-refractivity contribution is -0.149. The van der Waals surface area contributed by atoms with Crippen LogP contribution in [0.2, 0.25) is 0 Å². The molecule has 7 heteroatoms. The molecule has 0 heterocycles. The molecule has 0 amide bonds. The van der Waals surface area contributed by atoms with Crippen LogP contribution in [0.1, 0.15) is 22.0 Å². The molecule has 0 aliphatic heterocycles. The number of hydrogen-bond donors (Lipinski definition) is 2. The number of aromatic carboxylic acids is 1. The first-order valence-electron chi connectivity index (χ1n) is 4.51. The third-order valence-corrected chi connectivity index (χ3v) is 2.17. The van der Waals surface area contributed by atoms with Gasteiger partial charge in [0.2, 0.25) is 0 Å². The maximum Gasteiger partial charge on any atom is 0.407 e. The predicted molar refractivity (Wildman–Crippen MR) is 52.9 cm³/mol. The number of halogens is 3. The van der Waals surface area contributed by atoms with Crippen molar-refractivity contribution in [1.29, 1.82) is 0 Å². The lowest BCUT2D eigenvalue weighted by Crippen LogP contribution is -2.28. The van der Waals surface area contributed by atoms with E-state index in [0.717, 1.165) is 18.2 Å². The van der Waals surface area contributed by atoms with E-state index in [1.165, 1.54) is 7.11 Å². The smallest absolute Gasteiger partial charge is 0.407 e. The Morgan fingerprint density at radius 2 is 2.06 bits per heavy atom. The number of carbonyl (C=O) groups is 1. The second-order valence-electron chi connectivity index (χ2n) is 3.28. The van der Waals surface area contributed by atoms with Crippen LogP contribution in [0.4, 0.5) is 13.2 Å². The van der Waals surface area contributed by atoms with Gasteiger partial charge in [-0.1, -0.05) is 6.07 Å². The average Bonchev–Trinajstić information content (AvgIpc) is 2.25. The van der Waals surface area contributed by atoms with E-state index < -0.39 is 18.2 Å². The van der Waals surface area contributed by atoms with Gasteiger partial charge in [0, 0.05) is 0 Å². The lowest BCUT2D eigenvalue weighted by atomic mass is 10.0. The summed E-state index contributed by atoms with van der Waals surface area (Å²) in [5.41, 5.74) is 4.53. The molecule has 94 valence electrons. The normalized spacial score (nSPS) is 13.2. The molecule has 17 heavy (non-hydrogen) atoms. The molecule has 0 spiro atoms. The van der Waals surface area contributed by atoms with Crippen LogP contribution in [0.3, 0.4) is 0 Å². The van der Waals surface area contributed by atoms with Crippen LogP contribution < -0.4 is 10.5 Å². The van der Waals surface area contributed by atoms with E-state index in [1.54, 1.807) is 0 Å². The quantitative estimate of drug-likeness (QED) is 0.858. The van der Waals surface area contributed by atoms with Crippen molar-refractivity contribution in [3.05, 3.63) is 29.3 Å². The van der Waals surface area contributed by atoms with E-state index in [2.05, 4.69) is 0 Å². The molecular weight excluding hydrogens is 239 g/mol. The highest BCUT2D eigenvalue weighted by atomic mass is 19.4. The monoisotopic (exact) mass is 249 g/mol. The molecule has 4 nitrogen and oxygen atoms in total. The number of carboxylic acids is 1. The van der Waals surface area contributed by atoms with Crippen molar-refractivity contribution in [2.45, 2.75) is 12.2 Å². The number of hydrogen-bond acceptors (Lipinski definition) is 3. The number of benzene rings is 1. The van der Waals surface area contributed by atoms with Crippen molar-refractivity contribution in [1.82, 2.24) is 0 Å². The number of methoxy groups -OCH3 is 1. The Morgan fingerprint density at radius 3 is 2.47 bits per heavy atom. The fourth-order valence-corrected chi connectivity index (χ4v) is 1.27. The van der Waals surface area contributed by atoms with Gasteiger partial charge in [-0.2, -0.15) is 13.2 Å². The molecule has 0 aliphatic rings. The van der Waals surface area contributed by atoms with Gasteiger partial charge in [-0.05, 0) is 17.7 Å². The van der Waals surface area contributed by atoms with E-state index in [-0.39, 0.29) is 16.9 Å². The van der Waals surface area contributed by atoms with E-state index in [1.807, 2.05) is 0 Å². The number of rotatable bonds is 3. The van der Waals surface area contributed by atoms with Crippen LogP contribution in [-0.4, -0.2) is 24.4 Å². The molecule has 0 aliphatic carbocycles. The Hall–Kier alpha value is -1.76. The minimum atomic E-state index is -4.59. The summed E-state index contributed by atoms with van der Waals surface area (Å²) in [5, 5.41) is 8.75. The summed E-state index contributed by atoms with van der Waals surface area (Å²) >= 11 is 0. The topological polar surface area (TPSA) is 72.5 Å². The zero-order valence-electron chi connectivity index (χ0n) is 8.78. The highest BCUT2D eigenvalue weighted by molar-refractivity contribution is 5.91. The Balaban J connectivity index is 3.18. The molecule has 0 radical (unpaired) electrons. The van der Waals surface area contributed by atoms with Gasteiger partial charge in [-0.3, -0.25) is 0 Å². The summed E-state index contributed by atoms with van der Waals surface area (Å²) in [6.07, 6.45) is -4.59. The van der Waals surface area contributed by atoms with Gasteiger partial charge >= 0.3 is 12.1 Å². The summed E-state index contributed by atoms with van der Waals surface area (Å²) in [6.45, 7) is 0. The van der Waals surface area contributed by atoms with Gasteiger partial charge in [-0.25, -0.2) is 4.79 Å². The molecule has 0 saturated carbocycles. The van der Waals surface area contributed by atoms with E-state index in [4.69, 9.17) is 15.6 Å². The molecule has 0 saturated heterocycles. The third kappa shape index (κ3) is 2.88. The first-order valence-corrected chi connectivity index (χ1v) is 4.51. The Bertz CT molecular complexity index is 431. The SMILES string of the molecule is COc1cc([C@@H](N)C(F)(F)F)ccc1C(=O)O. The highest BCUT2D eigenvalue weighted by Gasteiger charge is 2.38. The zero-order valence-corrected chi connectivity index (χ0v) is 8.78. The molecule has 0 unspecified atom stereocenters. The Labute approximate surface area is 94.8 Å². The highest BCUT2D eigenvalue weighted by Crippen LogP contribution is 2.33. The second-order valence-corrected chi connectivity index (χ2v) is 3.28. The second kappa shape index (κ2) is 4.62. The number of carboxylic acid groups (broad SMARTS) is 1.